The van der Waals surface area contributed by atoms with Crippen LogP contribution in [0.25, 0.3) is 0 Å². The highest BCUT2D eigenvalue weighted by atomic mass is 16.1. The predicted molar refractivity (Wildman–Crippen MR) is 63.6 cm³/mol. The van der Waals surface area contributed by atoms with Gasteiger partial charge in [0.1, 0.15) is 11.5 Å². The normalized spacial score (nSPS) is 10.2. The third-order valence-electron chi connectivity index (χ3n) is 2.33. The summed E-state index contributed by atoms with van der Waals surface area (Å²) in [6, 6.07) is 5.26. The zero-order valence-corrected chi connectivity index (χ0v) is 9.60. The van der Waals surface area contributed by atoms with Crippen LogP contribution in [0.15, 0.2) is 30.6 Å². The topological polar surface area (TPSA) is 70.7 Å². The van der Waals surface area contributed by atoms with Crippen LogP contribution in [0, 0.1) is 6.92 Å². The molecule has 0 radical (unpaired) electrons. The molecule has 5 heteroatoms. The lowest BCUT2D eigenvalue weighted by Crippen LogP contribution is -2.26. The van der Waals surface area contributed by atoms with Gasteiger partial charge in [0.2, 0.25) is 0 Å². The molecule has 2 aromatic rings. The Morgan fingerprint density at radius 3 is 2.94 bits per heavy atom. The van der Waals surface area contributed by atoms with Crippen LogP contribution < -0.4 is 5.32 Å². The van der Waals surface area contributed by atoms with Crippen LogP contribution in [0.1, 0.15) is 22.0 Å². The number of aromatic nitrogens is 3. The van der Waals surface area contributed by atoms with Gasteiger partial charge in [0.15, 0.2) is 0 Å². The number of hydrogen-bond acceptors (Lipinski definition) is 3. The van der Waals surface area contributed by atoms with Gasteiger partial charge < -0.3 is 10.3 Å². The van der Waals surface area contributed by atoms with Crippen LogP contribution >= 0.6 is 0 Å². The summed E-state index contributed by atoms with van der Waals surface area (Å²) in [6.07, 6.45) is 4.12. The number of aromatic amines is 1. The second kappa shape index (κ2) is 5.25. The van der Waals surface area contributed by atoms with E-state index in [1.54, 1.807) is 30.6 Å². The first-order valence-corrected chi connectivity index (χ1v) is 5.45. The fraction of sp³-hybridized carbons (Fsp3) is 0.250. The number of carbonyl (C=O) groups is 1. The molecule has 0 saturated carbocycles. The van der Waals surface area contributed by atoms with E-state index in [0.717, 1.165) is 17.9 Å². The van der Waals surface area contributed by atoms with Gasteiger partial charge >= 0.3 is 0 Å². The Balaban J connectivity index is 1.81. The Hall–Kier alpha value is -2.17. The van der Waals surface area contributed by atoms with E-state index in [0.29, 0.717) is 12.2 Å². The molecule has 0 spiro atoms. The van der Waals surface area contributed by atoms with Crippen molar-refractivity contribution in [3.8, 4) is 0 Å². The molecular formula is C12H14N4O. The maximum absolute atomic E-state index is 11.6. The summed E-state index contributed by atoms with van der Waals surface area (Å²) >= 11 is 0. The average Bonchev–Trinajstić information content (AvgIpc) is 2.76. The monoisotopic (exact) mass is 230 g/mol. The van der Waals surface area contributed by atoms with Crippen LogP contribution in [-0.4, -0.2) is 27.4 Å². The van der Waals surface area contributed by atoms with Gasteiger partial charge in [0.25, 0.3) is 5.91 Å². The zero-order chi connectivity index (χ0) is 12.1. The lowest BCUT2D eigenvalue weighted by molar-refractivity contribution is 0.0949. The van der Waals surface area contributed by atoms with Crippen molar-refractivity contribution in [2.24, 2.45) is 0 Å². The van der Waals surface area contributed by atoms with Gasteiger partial charge in [0.05, 0.1) is 0 Å². The van der Waals surface area contributed by atoms with Gasteiger partial charge in [-0.3, -0.25) is 9.78 Å². The minimum Gasteiger partial charge on any atom is -0.350 e. The third-order valence-corrected chi connectivity index (χ3v) is 2.33. The molecule has 0 aromatic carbocycles. The van der Waals surface area contributed by atoms with E-state index in [1.165, 1.54) is 0 Å². The highest BCUT2D eigenvalue weighted by molar-refractivity contribution is 5.92. The fourth-order valence-electron chi connectivity index (χ4n) is 1.50. The molecule has 2 aromatic heterocycles. The van der Waals surface area contributed by atoms with Crippen LogP contribution in [-0.2, 0) is 6.42 Å². The first-order valence-electron chi connectivity index (χ1n) is 5.45. The molecule has 1 amide bonds. The fourth-order valence-corrected chi connectivity index (χ4v) is 1.50. The van der Waals surface area contributed by atoms with Gasteiger partial charge in [-0.05, 0) is 19.1 Å². The molecule has 0 aliphatic heterocycles. The van der Waals surface area contributed by atoms with E-state index in [1.807, 2.05) is 6.92 Å². The number of aryl methyl sites for hydroxylation is 1. The van der Waals surface area contributed by atoms with Crippen LogP contribution in [0.5, 0.6) is 0 Å². The van der Waals surface area contributed by atoms with E-state index in [2.05, 4.69) is 20.3 Å². The SMILES string of the molecule is Cc1ncc(CCNC(=O)c2ccccn2)[nH]1. The molecule has 0 saturated heterocycles. The van der Waals surface area contributed by atoms with E-state index >= 15 is 0 Å². The minimum absolute atomic E-state index is 0.151. The van der Waals surface area contributed by atoms with E-state index in [9.17, 15) is 4.79 Å². The van der Waals surface area contributed by atoms with Crippen molar-refractivity contribution in [2.75, 3.05) is 6.54 Å². The Kier molecular flexibility index (Phi) is 3.49. The second-order valence-electron chi connectivity index (χ2n) is 3.71. The Morgan fingerprint density at radius 2 is 2.29 bits per heavy atom. The van der Waals surface area contributed by atoms with Gasteiger partial charge in [-0.25, -0.2) is 4.98 Å². The zero-order valence-electron chi connectivity index (χ0n) is 9.60. The van der Waals surface area contributed by atoms with E-state index in [4.69, 9.17) is 0 Å². The molecule has 0 atom stereocenters. The standard InChI is InChI=1S/C12H14N4O/c1-9-15-8-10(16-9)5-7-14-12(17)11-4-2-3-6-13-11/h2-4,6,8H,5,7H2,1H3,(H,14,17)(H,15,16). The molecule has 0 fully saturated rings. The predicted octanol–water partition coefficient (Wildman–Crippen LogP) is 1.09. The Morgan fingerprint density at radius 1 is 1.41 bits per heavy atom. The smallest absolute Gasteiger partial charge is 0.269 e. The summed E-state index contributed by atoms with van der Waals surface area (Å²) in [6.45, 7) is 2.47. The van der Waals surface area contributed by atoms with Crippen LogP contribution in [0.4, 0.5) is 0 Å². The number of rotatable bonds is 4. The van der Waals surface area contributed by atoms with Gasteiger partial charge in [0, 0.05) is 31.1 Å². The van der Waals surface area contributed by atoms with Gasteiger partial charge in [-0.1, -0.05) is 6.07 Å². The highest BCUT2D eigenvalue weighted by Crippen LogP contribution is 1.97. The summed E-state index contributed by atoms with van der Waals surface area (Å²) in [4.78, 5) is 22.8. The van der Waals surface area contributed by atoms with Crippen LogP contribution in [0.3, 0.4) is 0 Å². The van der Waals surface area contributed by atoms with Crippen molar-refractivity contribution >= 4 is 5.91 Å². The molecule has 88 valence electrons. The first kappa shape index (κ1) is 11.3. The number of nitrogens with one attached hydrogen (secondary N) is 2. The molecule has 0 unspecified atom stereocenters. The number of nitrogens with zero attached hydrogens (tertiary/aromatic N) is 2. The van der Waals surface area contributed by atoms with E-state index in [-0.39, 0.29) is 5.91 Å². The maximum Gasteiger partial charge on any atom is 0.269 e. The molecule has 0 aliphatic carbocycles. The van der Waals surface area contributed by atoms with Crippen molar-refractivity contribution in [1.82, 2.24) is 20.3 Å². The molecule has 2 N–H and O–H groups in total. The van der Waals surface area contributed by atoms with Crippen LogP contribution in [0.2, 0.25) is 0 Å². The number of amides is 1. The van der Waals surface area contributed by atoms with Crippen molar-refractivity contribution < 1.29 is 4.79 Å². The molecule has 0 aliphatic rings. The van der Waals surface area contributed by atoms with Crippen molar-refractivity contribution in [2.45, 2.75) is 13.3 Å². The Bertz CT molecular complexity index is 492. The maximum atomic E-state index is 11.6. The van der Waals surface area contributed by atoms with Gasteiger partial charge in [-0.2, -0.15) is 0 Å². The molecular weight excluding hydrogens is 216 g/mol. The summed E-state index contributed by atoms with van der Waals surface area (Å²) < 4.78 is 0. The molecule has 17 heavy (non-hydrogen) atoms. The molecule has 5 nitrogen and oxygen atoms in total. The summed E-state index contributed by atoms with van der Waals surface area (Å²) in [5.74, 6) is 0.734. The summed E-state index contributed by atoms with van der Waals surface area (Å²) in [5.41, 5.74) is 1.46. The number of carbonyl (C=O) groups excluding carboxylic acids is 1. The van der Waals surface area contributed by atoms with Crippen molar-refractivity contribution in [3.63, 3.8) is 0 Å². The third kappa shape index (κ3) is 3.14. The number of imidazole rings is 1. The van der Waals surface area contributed by atoms with Crippen molar-refractivity contribution in [1.29, 1.82) is 0 Å². The lowest BCUT2D eigenvalue weighted by Gasteiger charge is -2.02. The molecule has 2 heterocycles. The van der Waals surface area contributed by atoms with E-state index < -0.39 is 0 Å². The molecule has 0 bridgehead atoms. The Labute approximate surface area is 99.3 Å². The summed E-state index contributed by atoms with van der Waals surface area (Å²) in [7, 11) is 0. The molecule has 2 rings (SSSR count). The van der Waals surface area contributed by atoms with Gasteiger partial charge in [-0.15, -0.1) is 0 Å². The lowest BCUT2D eigenvalue weighted by atomic mass is 10.3. The largest absolute Gasteiger partial charge is 0.350 e. The number of H-pyrrole nitrogens is 1. The average molecular weight is 230 g/mol. The summed E-state index contributed by atoms with van der Waals surface area (Å²) in [5, 5.41) is 2.81. The quantitative estimate of drug-likeness (QED) is 0.825. The minimum atomic E-state index is -0.151. The second-order valence-corrected chi connectivity index (χ2v) is 3.71. The number of hydrogen-bond donors (Lipinski definition) is 2. The van der Waals surface area contributed by atoms with Crippen molar-refractivity contribution in [3.05, 3.63) is 47.8 Å². The highest BCUT2D eigenvalue weighted by Gasteiger charge is 2.05. The first-order chi connectivity index (χ1) is 8.25. The number of pyridine rings is 1.